The Morgan fingerprint density at radius 3 is 1.31 bits per heavy atom. The van der Waals surface area contributed by atoms with Gasteiger partial charge in [-0.1, -0.05) is 0 Å². The van der Waals surface area contributed by atoms with E-state index in [1.165, 1.54) is 0 Å². The zero-order chi connectivity index (χ0) is 23.3. The van der Waals surface area contributed by atoms with E-state index in [1.54, 1.807) is 0 Å². The van der Waals surface area contributed by atoms with Crippen molar-refractivity contribution in [3.05, 3.63) is 31.5 Å². The molecule has 2 aromatic rings. The van der Waals surface area contributed by atoms with Crippen LogP contribution in [-0.4, -0.2) is 58.0 Å². The van der Waals surface area contributed by atoms with Gasteiger partial charge in [-0.2, -0.15) is 0 Å². The normalized spacial score (nSPS) is 19.6. The molecule has 0 saturated carbocycles. The van der Waals surface area contributed by atoms with Crippen LogP contribution in [0.4, 0.5) is 0 Å². The fraction of sp³-hybridized carbons (Fsp3) is 0.500. The standard InChI is InChI=1S/C20H22Br2N2O6Se2/c1-19(2)27-5-9-11(7-29-19)15(21)23-17(13(9)25)31-32-18-14(26)10-6-28-20(3,4)30-8-12(10)16(22)24-18/h25-26H,5-8H2,1-4H3. The summed E-state index contributed by atoms with van der Waals surface area (Å²) in [5.41, 5.74) is 2.93. The molecule has 2 aliphatic heterocycles. The van der Waals surface area contributed by atoms with Gasteiger partial charge in [-0.05, 0) is 0 Å². The fourth-order valence-corrected chi connectivity index (χ4v) is 10.6. The van der Waals surface area contributed by atoms with E-state index in [9.17, 15) is 10.2 Å². The van der Waals surface area contributed by atoms with Crippen LogP contribution < -0.4 is 9.18 Å². The van der Waals surface area contributed by atoms with Crippen LogP contribution in [0.2, 0.25) is 0 Å². The quantitative estimate of drug-likeness (QED) is 0.371. The molecule has 0 atom stereocenters. The Bertz CT molecular complexity index is 984. The molecule has 0 fully saturated rings. The number of hydrogen-bond donors (Lipinski definition) is 2. The van der Waals surface area contributed by atoms with Crippen molar-refractivity contribution in [2.75, 3.05) is 0 Å². The summed E-state index contributed by atoms with van der Waals surface area (Å²) >= 11 is 6.55. The van der Waals surface area contributed by atoms with E-state index in [0.717, 1.165) is 11.1 Å². The van der Waals surface area contributed by atoms with Gasteiger partial charge in [0.25, 0.3) is 0 Å². The van der Waals surface area contributed by atoms with E-state index in [2.05, 4.69) is 41.8 Å². The van der Waals surface area contributed by atoms with Crippen molar-refractivity contribution in [1.29, 1.82) is 0 Å². The molecule has 0 spiro atoms. The van der Waals surface area contributed by atoms with Crippen molar-refractivity contribution in [1.82, 2.24) is 9.97 Å². The first kappa shape index (κ1) is 24.9. The van der Waals surface area contributed by atoms with E-state index >= 15 is 0 Å². The van der Waals surface area contributed by atoms with Gasteiger partial charge >= 0.3 is 215 Å². The maximum atomic E-state index is 10.9. The molecular weight excluding hydrogens is 682 g/mol. The van der Waals surface area contributed by atoms with E-state index < -0.39 is 11.6 Å². The third-order valence-corrected chi connectivity index (χ3v) is 12.8. The monoisotopic (exact) mass is 704 g/mol. The molecule has 0 aromatic carbocycles. The Morgan fingerprint density at radius 2 is 0.969 bits per heavy atom. The van der Waals surface area contributed by atoms with Gasteiger partial charge in [0.05, 0.1) is 0 Å². The Labute approximate surface area is 213 Å². The van der Waals surface area contributed by atoms with Gasteiger partial charge in [-0.25, -0.2) is 0 Å². The van der Waals surface area contributed by atoms with Gasteiger partial charge in [0.15, 0.2) is 0 Å². The molecule has 174 valence electrons. The van der Waals surface area contributed by atoms with E-state index in [-0.39, 0.29) is 51.0 Å². The van der Waals surface area contributed by atoms with E-state index in [0.29, 0.717) is 42.7 Å². The van der Waals surface area contributed by atoms with Crippen molar-refractivity contribution >= 4 is 67.3 Å². The number of hydrogen-bond acceptors (Lipinski definition) is 8. The summed E-state index contributed by atoms with van der Waals surface area (Å²) in [5.74, 6) is -1.24. The van der Waals surface area contributed by atoms with Crippen molar-refractivity contribution in [3.63, 3.8) is 0 Å². The van der Waals surface area contributed by atoms with Crippen LogP contribution in [0.1, 0.15) is 49.9 Å². The summed E-state index contributed by atoms with van der Waals surface area (Å²) < 4.78 is 25.5. The summed E-state index contributed by atoms with van der Waals surface area (Å²) in [5, 5.41) is 21.8. The first-order valence-corrected chi connectivity index (χ1v) is 17.3. The van der Waals surface area contributed by atoms with E-state index in [1.807, 2.05) is 27.7 Å². The Kier molecular flexibility index (Phi) is 7.31. The minimum atomic E-state index is -0.746. The number of halogens is 2. The Morgan fingerprint density at radius 1 is 0.656 bits per heavy atom. The maximum absolute atomic E-state index is 10.9. The zero-order valence-electron chi connectivity index (χ0n) is 17.8. The number of fused-ring (bicyclic) bond motifs is 2. The predicted octanol–water partition coefficient (Wildman–Crippen LogP) is 2.25. The molecule has 0 radical (unpaired) electrons. The number of nitrogens with zero attached hydrogens (tertiary/aromatic N) is 2. The second kappa shape index (κ2) is 9.41. The van der Waals surface area contributed by atoms with Gasteiger partial charge in [-0.15, -0.1) is 0 Å². The second-order valence-electron chi connectivity index (χ2n) is 8.15. The third kappa shape index (κ3) is 5.20. The number of ether oxygens (including phenoxy) is 4. The van der Waals surface area contributed by atoms with Gasteiger partial charge < -0.3 is 0 Å². The topological polar surface area (TPSA) is 103 Å². The number of pyridine rings is 2. The Hall–Kier alpha value is -0.261. The summed E-state index contributed by atoms with van der Waals surface area (Å²) in [6.45, 7) is 8.40. The molecule has 0 unspecified atom stereocenters. The summed E-state index contributed by atoms with van der Waals surface area (Å²) in [4.78, 5) is 9.15. The van der Waals surface area contributed by atoms with Crippen molar-refractivity contribution < 1.29 is 29.2 Å². The van der Waals surface area contributed by atoms with Crippen LogP contribution >= 0.6 is 31.9 Å². The predicted molar refractivity (Wildman–Crippen MR) is 125 cm³/mol. The van der Waals surface area contributed by atoms with Crippen LogP contribution in [0.25, 0.3) is 0 Å². The summed E-state index contributed by atoms with van der Waals surface area (Å²) in [6, 6.07) is 0. The molecule has 2 aromatic heterocycles. The summed E-state index contributed by atoms with van der Waals surface area (Å²) in [7, 11) is 0. The molecule has 2 N–H and O–H groups in total. The first-order valence-electron chi connectivity index (χ1n) is 9.68. The average molecular weight is 704 g/mol. The third-order valence-electron chi connectivity index (χ3n) is 5.06. The van der Waals surface area contributed by atoms with Crippen LogP contribution in [0.15, 0.2) is 9.21 Å². The molecule has 0 amide bonds. The van der Waals surface area contributed by atoms with E-state index in [4.69, 9.17) is 18.9 Å². The molecule has 12 heteroatoms. The summed E-state index contributed by atoms with van der Waals surface area (Å²) in [6.07, 6.45) is 0. The molecule has 0 saturated heterocycles. The van der Waals surface area contributed by atoms with Gasteiger partial charge in [0, 0.05) is 0 Å². The molecule has 0 aliphatic carbocycles. The number of rotatable bonds is 3. The molecular formula is C20H22Br2N2O6Se2. The SMILES string of the molecule is CC1(C)OCc2c(Br)nc([Se][Se]c3nc(Br)c4c(c3O)COC(C)(C)OC4)c(O)c2CO1. The van der Waals surface area contributed by atoms with Crippen molar-refractivity contribution in [2.45, 2.75) is 65.7 Å². The Balaban J connectivity index is 1.60. The number of aromatic nitrogens is 2. The molecule has 32 heavy (non-hydrogen) atoms. The van der Waals surface area contributed by atoms with Crippen molar-refractivity contribution in [2.24, 2.45) is 0 Å². The van der Waals surface area contributed by atoms with Gasteiger partial charge in [0.1, 0.15) is 0 Å². The van der Waals surface area contributed by atoms with Crippen LogP contribution in [-0.2, 0) is 45.4 Å². The molecule has 8 nitrogen and oxygen atoms in total. The molecule has 4 rings (SSSR count). The van der Waals surface area contributed by atoms with Crippen molar-refractivity contribution in [3.8, 4) is 11.5 Å². The first-order chi connectivity index (χ1) is 15.0. The van der Waals surface area contributed by atoms with Crippen LogP contribution in [0.5, 0.6) is 11.5 Å². The van der Waals surface area contributed by atoms with Gasteiger partial charge in [-0.3, -0.25) is 0 Å². The second-order valence-corrected chi connectivity index (χ2v) is 15.6. The fourth-order valence-electron chi connectivity index (χ4n) is 3.08. The minimum absolute atomic E-state index is 0.123. The zero-order valence-corrected chi connectivity index (χ0v) is 24.4. The number of aromatic hydroxyl groups is 2. The van der Waals surface area contributed by atoms with Crippen LogP contribution in [0, 0.1) is 0 Å². The van der Waals surface area contributed by atoms with Gasteiger partial charge in [0.2, 0.25) is 0 Å². The molecule has 4 heterocycles. The van der Waals surface area contributed by atoms with Crippen LogP contribution in [0.3, 0.4) is 0 Å². The molecule has 2 aliphatic rings. The molecule has 0 bridgehead atoms. The average Bonchev–Trinajstić information content (AvgIpc) is 2.98.